The molecule has 0 aliphatic heterocycles. The highest BCUT2D eigenvalue weighted by Crippen LogP contribution is 2.30. The number of aryl methyl sites for hydroxylation is 1. The number of hydrogen-bond acceptors (Lipinski definition) is 5. The van der Waals surface area contributed by atoms with Gasteiger partial charge in [0, 0.05) is 18.2 Å². The second-order valence-electron chi connectivity index (χ2n) is 6.97. The average molecular weight is 420 g/mol. The highest BCUT2D eigenvalue weighted by molar-refractivity contribution is 7.87. The molecule has 2 aromatic carbocycles. The summed E-state index contributed by atoms with van der Waals surface area (Å²) in [5.41, 5.74) is 2.47. The molecule has 29 heavy (non-hydrogen) atoms. The molecule has 0 heterocycles. The van der Waals surface area contributed by atoms with Crippen molar-refractivity contribution < 1.29 is 22.1 Å². The van der Waals surface area contributed by atoms with Crippen LogP contribution in [0.3, 0.4) is 0 Å². The van der Waals surface area contributed by atoms with Gasteiger partial charge in [-0.1, -0.05) is 30.7 Å². The number of carbonyl (C=O) groups excluding carboxylic acids is 1. The smallest absolute Gasteiger partial charge is 0.309 e. The molecule has 0 aliphatic rings. The lowest BCUT2D eigenvalue weighted by Gasteiger charge is -2.29. The van der Waals surface area contributed by atoms with Crippen LogP contribution in [0.2, 0.25) is 0 Å². The van der Waals surface area contributed by atoms with Crippen molar-refractivity contribution in [1.29, 1.82) is 0 Å². The van der Waals surface area contributed by atoms with Gasteiger partial charge in [0.15, 0.2) is 11.5 Å². The third-order valence-corrected chi connectivity index (χ3v) is 5.97. The van der Waals surface area contributed by atoms with Crippen molar-refractivity contribution in [2.24, 2.45) is 0 Å². The molecule has 0 aliphatic carbocycles. The number of benzene rings is 2. The maximum absolute atomic E-state index is 13.1. The van der Waals surface area contributed by atoms with Crippen LogP contribution in [0, 0.1) is 6.92 Å². The zero-order valence-electron chi connectivity index (χ0n) is 17.6. The zero-order chi connectivity index (χ0) is 21.6. The second kappa shape index (κ2) is 9.78. The molecular weight excluding hydrogens is 390 g/mol. The van der Waals surface area contributed by atoms with Crippen LogP contribution < -0.4 is 8.92 Å². The van der Waals surface area contributed by atoms with Gasteiger partial charge < -0.3 is 13.8 Å². The Kier molecular flexibility index (Phi) is 7.67. The Morgan fingerprint density at radius 2 is 1.72 bits per heavy atom. The van der Waals surface area contributed by atoms with E-state index in [0.717, 1.165) is 17.5 Å². The minimum Gasteiger partial charge on any atom is -0.493 e. The van der Waals surface area contributed by atoms with E-state index in [9.17, 15) is 13.2 Å². The van der Waals surface area contributed by atoms with Crippen LogP contribution in [-0.2, 0) is 16.7 Å². The Morgan fingerprint density at radius 3 is 2.28 bits per heavy atom. The van der Waals surface area contributed by atoms with E-state index in [1.807, 2.05) is 51.1 Å². The van der Waals surface area contributed by atoms with Crippen molar-refractivity contribution in [3.63, 3.8) is 0 Å². The van der Waals surface area contributed by atoms with Gasteiger partial charge in [0.2, 0.25) is 0 Å². The predicted octanol–water partition coefficient (Wildman–Crippen LogP) is 4.17. The van der Waals surface area contributed by atoms with Gasteiger partial charge in [0.05, 0.1) is 12.9 Å². The van der Waals surface area contributed by atoms with E-state index in [-0.39, 0.29) is 23.5 Å². The van der Waals surface area contributed by atoms with E-state index >= 15 is 0 Å². The van der Waals surface area contributed by atoms with Crippen molar-refractivity contribution in [2.75, 3.05) is 12.9 Å². The van der Waals surface area contributed by atoms with E-state index in [1.165, 1.54) is 14.0 Å². The molecule has 0 bridgehead atoms. The molecule has 0 fully saturated rings. The van der Waals surface area contributed by atoms with Crippen molar-refractivity contribution in [1.82, 2.24) is 4.90 Å². The fourth-order valence-corrected chi connectivity index (χ4v) is 3.31. The molecule has 7 heteroatoms. The first kappa shape index (κ1) is 22.7. The summed E-state index contributed by atoms with van der Waals surface area (Å²) in [6.07, 6.45) is 0.793. The largest absolute Gasteiger partial charge is 0.493 e. The highest BCUT2D eigenvalue weighted by Gasteiger charge is 2.22. The Bertz CT molecular complexity index is 938. The molecule has 6 nitrogen and oxygen atoms in total. The molecular formula is C22H29NO5S. The molecule has 1 amide bonds. The van der Waals surface area contributed by atoms with Gasteiger partial charge in [-0.05, 0) is 57.0 Å². The molecule has 2 aromatic rings. The lowest BCUT2D eigenvalue weighted by atomic mass is 10.1. The summed E-state index contributed by atoms with van der Waals surface area (Å²) in [4.78, 5) is 14.9. The van der Waals surface area contributed by atoms with Gasteiger partial charge in [-0.3, -0.25) is 4.79 Å². The predicted molar refractivity (Wildman–Crippen MR) is 114 cm³/mol. The van der Waals surface area contributed by atoms with Crippen LogP contribution in [0.15, 0.2) is 42.5 Å². The van der Waals surface area contributed by atoms with Crippen LogP contribution in [-0.4, -0.2) is 38.1 Å². The Balaban J connectivity index is 2.35. The van der Waals surface area contributed by atoms with Crippen LogP contribution in [0.25, 0.3) is 0 Å². The number of rotatable bonds is 9. The summed E-state index contributed by atoms with van der Waals surface area (Å²) >= 11 is 0. The lowest BCUT2D eigenvalue weighted by molar-refractivity contribution is 0.0671. The Morgan fingerprint density at radius 1 is 1.07 bits per heavy atom. The quantitative estimate of drug-likeness (QED) is 0.570. The molecule has 1 atom stereocenters. The summed E-state index contributed by atoms with van der Waals surface area (Å²) in [6, 6.07) is 12.6. The van der Waals surface area contributed by atoms with Crippen molar-refractivity contribution in [3.05, 3.63) is 59.2 Å². The van der Waals surface area contributed by atoms with Gasteiger partial charge in [0.25, 0.3) is 5.91 Å². The van der Waals surface area contributed by atoms with Gasteiger partial charge in [0.1, 0.15) is 0 Å². The fraction of sp³-hybridized carbons (Fsp3) is 0.409. The van der Waals surface area contributed by atoms with Crippen molar-refractivity contribution in [2.45, 2.75) is 46.7 Å². The number of ether oxygens (including phenoxy) is 1. The maximum Gasteiger partial charge on any atom is 0.309 e. The Hall–Kier alpha value is -2.54. The van der Waals surface area contributed by atoms with E-state index < -0.39 is 10.1 Å². The summed E-state index contributed by atoms with van der Waals surface area (Å²) in [5.74, 6) is 0.231. The fourth-order valence-electron chi connectivity index (χ4n) is 2.79. The standard InChI is InChI=1S/C22H29NO5S/c1-6-17(4)23(22(24)19-11-8-16(3)9-12-19)15-18-10-13-20(27-5)21(14-18)28-29(25,26)7-2/h8-14,17H,6-7,15H2,1-5H3/t17-/m0/s1. The Labute approximate surface area is 173 Å². The van der Waals surface area contributed by atoms with Crippen LogP contribution >= 0.6 is 0 Å². The first-order valence-corrected chi connectivity index (χ1v) is 11.2. The monoisotopic (exact) mass is 419 g/mol. The first-order valence-electron chi connectivity index (χ1n) is 9.67. The number of methoxy groups -OCH3 is 1. The molecule has 0 saturated carbocycles. The van der Waals surface area contributed by atoms with Crippen LogP contribution in [0.5, 0.6) is 11.5 Å². The summed E-state index contributed by atoms with van der Waals surface area (Å²) in [7, 11) is -2.24. The summed E-state index contributed by atoms with van der Waals surface area (Å²) in [6.45, 7) is 7.83. The van der Waals surface area contributed by atoms with Gasteiger partial charge in [-0.25, -0.2) is 0 Å². The second-order valence-corrected chi connectivity index (χ2v) is 8.83. The minimum absolute atomic E-state index is 0.00893. The van der Waals surface area contributed by atoms with Crippen LogP contribution in [0.4, 0.5) is 0 Å². The van der Waals surface area contributed by atoms with Gasteiger partial charge in [-0.2, -0.15) is 8.42 Å². The number of amides is 1. The van der Waals surface area contributed by atoms with E-state index in [4.69, 9.17) is 8.92 Å². The average Bonchev–Trinajstić information content (AvgIpc) is 2.71. The number of nitrogens with zero attached hydrogens (tertiary/aromatic N) is 1. The molecule has 0 spiro atoms. The van der Waals surface area contributed by atoms with E-state index in [2.05, 4.69) is 0 Å². The molecule has 0 radical (unpaired) electrons. The first-order chi connectivity index (χ1) is 13.7. The van der Waals surface area contributed by atoms with Gasteiger partial charge in [-0.15, -0.1) is 0 Å². The lowest BCUT2D eigenvalue weighted by Crippen LogP contribution is -2.37. The van der Waals surface area contributed by atoms with Crippen molar-refractivity contribution in [3.8, 4) is 11.5 Å². The number of hydrogen-bond donors (Lipinski definition) is 0. The normalized spacial score (nSPS) is 12.3. The third kappa shape index (κ3) is 5.97. The molecule has 0 N–H and O–H groups in total. The van der Waals surface area contributed by atoms with E-state index in [0.29, 0.717) is 17.9 Å². The van der Waals surface area contributed by atoms with Gasteiger partial charge >= 0.3 is 10.1 Å². The minimum atomic E-state index is -3.70. The molecule has 0 aromatic heterocycles. The SMILES string of the molecule is CC[C@H](C)N(Cc1ccc(OC)c(OS(=O)(=O)CC)c1)C(=O)c1ccc(C)cc1. The topological polar surface area (TPSA) is 72.9 Å². The molecule has 0 saturated heterocycles. The third-order valence-electron chi connectivity index (χ3n) is 4.83. The molecule has 2 rings (SSSR count). The van der Waals surface area contributed by atoms with Crippen LogP contribution in [0.1, 0.15) is 48.7 Å². The maximum atomic E-state index is 13.1. The molecule has 0 unspecified atom stereocenters. The van der Waals surface area contributed by atoms with E-state index in [1.54, 1.807) is 17.0 Å². The number of carbonyl (C=O) groups is 1. The zero-order valence-corrected chi connectivity index (χ0v) is 18.5. The highest BCUT2D eigenvalue weighted by atomic mass is 32.2. The summed E-state index contributed by atoms with van der Waals surface area (Å²) in [5, 5.41) is 0. The molecule has 158 valence electrons. The summed E-state index contributed by atoms with van der Waals surface area (Å²) < 4.78 is 34.2. The van der Waals surface area contributed by atoms with Crippen molar-refractivity contribution >= 4 is 16.0 Å².